The smallest absolute Gasteiger partial charge is 0.243 e. The van der Waals surface area contributed by atoms with Gasteiger partial charge >= 0.3 is 0 Å². The van der Waals surface area contributed by atoms with Gasteiger partial charge in [0, 0.05) is 12.4 Å². The molecule has 25 heavy (non-hydrogen) atoms. The number of imidazole rings is 2. The molecule has 6 nitrogen and oxygen atoms in total. The van der Waals surface area contributed by atoms with E-state index in [-0.39, 0.29) is 11.9 Å². The van der Waals surface area contributed by atoms with Gasteiger partial charge in [-0.3, -0.25) is 4.79 Å². The molecule has 6 heteroatoms. The summed E-state index contributed by atoms with van der Waals surface area (Å²) in [5.41, 5.74) is 4.70. The molecule has 3 heterocycles. The van der Waals surface area contributed by atoms with Crippen molar-refractivity contribution < 1.29 is 4.79 Å². The highest BCUT2D eigenvalue weighted by atomic mass is 16.2. The maximum absolute atomic E-state index is 12.5. The molecule has 0 radical (unpaired) electrons. The van der Waals surface area contributed by atoms with E-state index in [0.29, 0.717) is 6.54 Å². The van der Waals surface area contributed by atoms with Gasteiger partial charge in [0.15, 0.2) is 0 Å². The number of nitrogens with zero attached hydrogens (tertiary/aromatic N) is 4. The lowest BCUT2D eigenvalue weighted by atomic mass is 10.2. The normalized spacial score (nSPS) is 12.6. The fraction of sp³-hybridized carbons (Fsp3) is 0.211. The van der Waals surface area contributed by atoms with Gasteiger partial charge in [0.1, 0.15) is 11.7 Å². The quantitative estimate of drug-likeness (QED) is 0.624. The number of fused-ring (bicyclic) bond motifs is 2. The summed E-state index contributed by atoms with van der Waals surface area (Å²) >= 11 is 0. The van der Waals surface area contributed by atoms with Crippen molar-refractivity contribution >= 4 is 22.6 Å². The van der Waals surface area contributed by atoms with Crippen molar-refractivity contribution in [2.45, 2.75) is 26.4 Å². The first kappa shape index (κ1) is 15.4. The number of pyridine rings is 1. The van der Waals surface area contributed by atoms with Crippen molar-refractivity contribution in [1.82, 2.24) is 24.3 Å². The van der Waals surface area contributed by atoms with Crippen LogP contribution in [-0.2, 0) is 11.3 Å². The zero-order chi connectivity index (χ0) is 17.4. The highest BCUT2D eigenvalue weighted by molar-refractivity contribution is 5.83. The maximum atomic E-state index is 12.5. The van der Waals surface area contributed by atoms with Gasteiger partial charge in [0.05, 0.1) is 29.6 Å². The number of carbonyl (C=O) groups excluding carboxylic acids is 1. The average molecular weight is 333 g/mol. The van der Waals surface area contributed by atoms with Crippen molar-refractivity contribution in [3.05, 3.63) is 66.4 Å². The molecule has 0 aliphatic rings. The molecule has 0 fully saturated rings. The number of aromatic nitrogens is 4. The third-order valence-electron chi connectivity index (χ3n) is 4.45. The molecule has 0 saturated carbocycles. The van der Waals surface area contributed by atoms with Crippen LogP contribution < -0.4 is 5.32 Å². The highest BCUT2D eigenvalue weighted by Crippen LogP contribution is 2.17. The zero-order valence-electron chi connectivity index (χ0n) is 14.2. The molecule has 3 aromatic heterocycles. The molecule has 0 aliphatic carbocycles. The fourth-order valence-electron chi connectivity index (χ4n) is 3.03. The number of nitrogens with one attached hydrogen (secondary N) is 1. The largest absolute Gasteiger partial charge is 0.349 e. The average Bonchev–Trinajstić information content (AvgIpc) is 3.23. The summed E-state index contributed by atoms with van der Waals surface area (Å²) in [6.45, 7) is 4.30. The number of hydrogen-bond donors (Lipinski definition) is 1. The standard InChI is InChI=1S/C19H19N5O/c1-13-6-5-9-23-11-15(22-18(13)23)10-20-19(25)14(2)24-12-21-16-7-3-4-8-17(16)24/h3-9,11-12,14H,10H2,1-2H3,(H,20,25)/t14-/m0/s1. The molecule has 0 bridgehead atoms. The van der Waals surface area contributed by atoms with Gasteiger partial charge in [-0.1, -0.05) is 18.2 Å². The predicted molar refractivity (Wildman–Crippen MR) is 96.2 cm³/mol. The van der Waals surface area contributed by atoms with Gasteiger partial charge in [0.2, 0.25) is 5.91 Å². The van der Waals surface area contributed by atoms with Crippen molar-refractivity contribution in [3.8, 4) is 0 Å². The van der Waals surface area contributed by atoms with Gasteiger partial charge in [-0.25, -0.2) is 9.97 Å². The molecule has 4 aromatic rings. The molecule has 4 rings (SSSR count). The first-order chi connectivity index (χ1) is 12.1. The third-order valence-corrected chi connectivity index (χ3v) is 4.45. The van der Waals surface area contributed by atoms with Crippen LogP contribution in [0.15, 0.2) is 55.1 Å². The van der Waals surface area contributed by atoms with Crippen LogP contribution in [0, 0.1) is 6.92 Å². The lowest BCUT2D eigenvalue weighted by Crippen LogP contribution is -2.30. The van der Waals surface area contributed by atoms with Crippen molar-refractivity contribution in [2.75, 3.05) is 0 Å². The summed E-state index contributed by atoms with van der Waals surface area (Å²) in [7, 11) is 0. The Hall–Kier alpha value is -3.15. The molecule has 1 amide bonds. The summed E-state index contributed by atoms with van der Waals surface area (Å²) in [6, 6.07) is 11.5. The minimum atomic E-state index is -0.342. The number of hydrogen-bond acceptors (Lipinski definition) is 3. The van der Waals surface area contributed by atoms with Crippen LogP contribution in [0.3, 0.4) is 0 Å². The molecule has 1 aromatic carbocycles. The van der Waals surface area contributed by atoms with E-state index >= 15 is 0 Å². The van der Waals surface area contributed by atoms with Crippen LogP contribution in [0.2, 0.25) is 0 Å². The van der Waals surface area contributed by atoms with Gasteiger partial charge < -0.3 is 14.3 Å². The van der Waals surface area contributed by atoms with Crippen LogP contribution in [-0.4, -0.2) is 24.8 Å². The second-order valence-corrected chi connectivity index (χ2v) is 6.19. The molecular formula is C19H19N5O. The van der Waals surface area contributed by atoms with E-state index in [1.165, 1.54) is 0 Å². The number of carbonyl (C=O) groups is 1. The summed E-state index contributed by atoms with van der Waals surface area (Å²) in [5.74, 6) is -0.0584. The fourth-order valence-corrected chi connectivity index (χ4v) is 3.03. The molecule has 1 atom stereocenters. The van der Waals surface area contributed by atoms with Crippen molar-refractivity contribution in [3.63, 3.8) is 0 Å². The lowest BCUT2D eigenvalue weighted by molar-refractivity contribution is -0.123. The molecular weight excluding hydrogens is 314 g/mol. The SMILES string of the molecule is Cc1cccn2cc(CNC(=O)[C@H](C)n3cnc4ccccc43)nc12. The Morgan fingerprint density at radius 1 is 1.24 bits per heavy atom. The van der Waals surface area contributed by atoms with Gasteiger partial charge in [0.25, 0.3) is 0 Å². The highest BCUT2D eigenvalue weighted by Gasteiger charge is 2.17. The summed E-state index contributed by atoms with van der Waals surface area (Å²) in [4.78, 5) is 21.5. The van der Waals surface area contributed by atoms with E-state index < -0.39 is 0 Å². The minimum Gasteiger partial charge on any atom is -0.349 e. The third kappa shape index (κ3) is 2.76. The minimum absolute atomic E-state index is 0.0584. The van der Waals surface area contributed by atoms with Crippen molar-refractivity contribution in [1.29, 1.82) is 0 Å². The Balaban J connectivity index is 1.50. The van der Waals surface area contributed by atoms with E-state index in [4.69, 9.17) is 0 Å². The Morgan fingerprint density at radius 2 is 2.08 bits per heavy atom. The predicted octanol–water partition coefficient (Wildman–Crippen LogP) is 2.87. The first-order valence-corrected chi connectivity index (χ1v) is 8.26. The van der Waals surface area contributed by atoms with Crippen LogP contribution >= 0.6 is 0 Å². The molecule has 1 N–H and O–H groups in total. The zero-order valence-corrected chi connectivity index (χ0v) is 14.2. The number of para-hydroxylation sites is 2. The number of benzene rings is 1. The number of rotatable bonds is 4. The summed E-state index contributed by atoms with van der Waals surface area (Å²) in [6.07, 6.45) is 5.62. The summed E-state index contributed by atoms with van der Waals surface area (Å²) < 4.78 is 3.86. The summed E-state index contributed by atoms with van der Waals surface area (Å²) in [5, 5.41) is 2.97. The van der Waals surface area contributed by atoms with E-state index in [1.54, 1.807) is 6.33 Å². The van der Waals surface area contributed by atoms with Crippen LogP contribution in [0.1, 0.15) is 24.2 Å². The first-order valence-electron chi connectivity index (χ1n) is 8.26. The Kier molecular flexibility index (Phi) is 3.72. The second-order valence-electron chi connectivity index (χ2n) is 6.19. The number of amides is 1. The van der Waals surface area contributed by atoms with Gasteiger partial charge in [-0.2, -0.15) is 0 Å². The Labute approximate surface area is 145 Å². The molecule has 126 valence electrons. The molecule has 0 unspecified atom stereocenters. The van der Waals surface area contributed by atoms with E-state index in [2.05, 4.69) is 15.3 Å². The Morgan fingerprint density at radius 3 is 2.92 bits per heavy atom. The van der Waals surface area contributed by atoms with E-state index in [0.717, 1.165) is 27.9 Å². The van der Waals surface area contributed by atoms with Gasteiger partial charge in [-0.05, 0) is 37.6 Å². The lowest BCUT2D eigenvalue weighted by Gasteiger charge is -2.14. The van der Waals surface area contributed by atoms with E-state index in [1.807, 2.05) is 71.6 Å². The number of aryl methyl sites for hydroxylation is 1. The molecule has 0 aliphatic heterocycles. The van der Waals surface area contributed by atoms with Crippen molar-refractivity contribution in [2.24, 2.45) is 0 Å². The van der Waals surface area contributed by atoms with Crippen LogP contribution in [0.4, 0.5) is 0 Å². The Bertz CT molecular complexity index is 1060. The topological polar surface area (TPSA) is 64.2 Å². The van der Waals surface area contributed by atoms with E-state index in [9.17, 15) is 4.79 Å². The maximum Gasteiger partial charge on any atom is 0.243 e. The second kappa shape index (κ2) is 6.05. The van der Waals surface area contributed by atoms with Gasteiger partial charge in [-0.15, -0.1) is 0 Å². The van der Waals surface area contributed by atoms with Crippen LogP contribution in [0.5, 0.6) is 0 Å². The van der Waals surface area contributed by atoms with Crippen LogP contribution in [0.25, 0.3) is 16.7 Å². The molecule has 0 saturated heterocycles. The monoisotopic (exact) mass is 333 g/mol. The molecule has 0 spiro atoms.